The van der Waals surface area contributed by atoms with Gasteiger partial charge in [-0.25, -0.2) is 0 Å². The summed E-state index contributed by atoms with van der Waals surface area (Å²) in [5.74, 6) is 0.273. The molecule has 2 aromatic carbocycles. The summed E-state index contributed by atoms with van der Waals surface area (Å²) in [5, 5.41) is 5.80. The maximum absolute atomic E-state index is 13.0. The fourth-order valence-electron chi connectivity index (χ4n) is 3.58. The van der Waals surface area contributed by atoms with Crippen LogP contribution in [0, 0.1) is 0 Å². The van der Waals surface area contributed by atoms with Crippen molar-refractivity contribution < 1.29 is 4.79 Å². The van der Waals surface area contributed by atoms with Crippen LogP contribution in [0.4, 0.5) is 0 Å². The second-order valence-electron chi connectivity index (χ2n) is 6.38. The summed E-state index contributed by atoms with van der Waals surface area (Å²) < 4.78 is 0. The fraction of sp³-hybridized carbons (Fsp3) is 0.450. The summed E-state index contributed by atoms with van der Waals surface area (Å²) >= 11 is 0. The molecule has 0 aliphatic carbocycles. The van der Waals surface area contributed by atoms with Crippen LogP contribution in [0.2, 0.25) is 0 Å². The lowest BCUT2D eigenvalue weighted by molar-refractivity contribution is -0.133. The summed E-state index contributed by atoms with van der Waals surface area (Å²) in [6.45, 7) is 5.06. The second kappa shape index (κ2) is 9.05. The van der Waals surface area contributed by atoms with Crippen LogP contribution in [0.5, 0.6) is 0 Å². The Labute approximate surface area is 150 Å². The molecule has 4 heteroatoms. The smallest absolute Gasteiger partial charge is 0.227 e. The number of amides is 1. The Kier molecular flexibility index (Phi) is 7.07. The Hall–Kier alpha value is -1.58. The highest BCUT2D eigenvalue weighted by Gasteiger charge is 2.24. The lowest BCUT2D eigenvalue weighted by Crippen LogP contribution is -2.47. The summed E-state index contributed by atoms with van der Waals surface area (Å²) in [6, 6.07) is 15.0. The minimum absolute atomic E-state index is 0. The van der Waals surface area contributed by atoms with Crippen molar-refractivity contribution in [3.63, 3.8) is 0 Å². The first-order valence-electron chi connectivity index (χ1n) is 8.76. The van der Waals surface area contributed by atoms with Gasteiger partial charge >= 0.3 is 0 Å². The molecule has 2 aromatic rings. The average molecular weight is 347 g/mol. The Bertz CT molecular complexity index is 662. The number of fused-ring (bicyclic) bond motifs is 1. The van der Waals surface area contributed by atoms with Crippen LogP contribution >= 0.6 is 12.4 Å². The predicted molar refractivity (Wildman–Crippen MR) is 103 cm³/mol. The van der Waals surface area contributed by atoms with E-state index in [1.54, 1.807) is 0 Å². The minimum Gasteiger partial charge on any atom is -0.339 e. The molecular weight excluding hydrogens is 320 g/mol. The number of carbonyl (C=O) groups excluding carboxylic acids is 1. The van der Waals surface area contributed by atoms with E-state index in [0.717, 1.165) is 44.5 Å². The number of carbonyl (C=O) groups is 1. The third-order valence-corrected chi connectivity index (χ3v) is 4.76. The zero-order chi connectivity index (χ0) is 16.1. The molecule has 0 aromatic heterocycles. The van der Waals surface area contributed by atoms with E-state index in [0.29, 0.717) is 12.5 Å². The predicted octanol–water partition coefficient (Wildman–Crippen LogP) is 3.79. The molecule has 0 spiro atoms. The van der Waals surface area contributed by atoms with Crippen molar-refractivity contribution >= 4 is 29.1 Å². The molecule has 1 fully saturated rings. The van der Waals surface area contributed by atoms with E-state index in [1.807, 2.05) is 12.1 Å². The molecule has 1 N–H and O–H groups in total. The average Bonchev–Trinajstić information content (AvgIpc) is 2.60. The van der Waals surface area contributed by atoms with Crippen LogP contribution in [-0.2, 0) is 11.2 Å². The standard InChI is InChI=1S/C20H26N2O.ClH/c1-2-14-22(18-10-12-21-13-11-18)20(23)15-17-8-5-7-16-6-3-4-9-19(16)17;/h3-9,18,21H,2,10-15H2,1H3;1H. The van der Waals surface area contributed by atoms with E-state index >= 15 is 0 Å². The maximum atomic E-state index is 13.0. The van der Waals surface area contributed by atoms with Crippen LogP contribution < -0.4 is 5.32 Å². The van der Waals surface area contributed by atoms with Gasteiger partial charge in [-0.2, -0.15) is 0 Å². The van der Waals surface area contributed by atoms with Crippen molar-refractivity contribution in [3.8, 4) is 0 Å². The van der Waals surface area contributed by atoms with Gasteiger partial charge in [-0.3, -0.25) is 4.79 Å². The van der Waals surface area contributed by atoms with Crippen LogP contribution in [0.1, 0.15) is 31.7 Å². The van der Waals surface area contributed by atoms with E-state index in [4.69, 9.17) is 0 Å². The number of rotatable bonds is 5. The van der Waals surface area contributed by atoms with Gasteiger partial charge in [0.2, 0.25) is 5.91 Å². The summed E-state index contributed by atoms with van der Waals surface area (Å²) in [6.07, 6.45) is 3.67. The molecule has 3 rings (SSSR count). The summed E-state index contributed by atoms with van der Waals surface area (Å²) in [7, 11) is 0. The van der Waals surface area contributed by atoms with E-state index in [2.05, 4.69) is 47.5 Å². The van der Waals surface area contributed by atoms with E-state index in [-0.39, 0.29) is 18.3 Å². The topological polar surface area (TPSA) is 32.3 Å². The zero-order valence-corrected chi connectivity index (χ0v) is 15.1. The largest absolute Gasteiger partial charge is 0.339 e. The SMILES string of the molecule is CCCN(C(=O)Cc1cccc2ccccc12)C1CCNCC1.Cl. The first-order chi connectivity index (χ1) is 11.3. The number of halogens is 1. The number of hydrogen-bond acceptors (Lipinski definition) is 2. The van der Waals surface area contributed by atoms with Crippen LogP contribution in [0.25, 0.3) is 10.8 Å². The summed E-state index contributed by atoms with van der Waals surface area (Å²) in [5.41, 5.74) is 1.14. The number of nitrogens with one attached hydrogen (secondary N) is 1. The molecule has 1 aliphatic heterocycles. The highest BCUT2D eigenvalue weighted by Crippen LogP contribution is 2.21. The molecule has 1 saturated heterocycles. The van der Waals surface area contributed by atoms with Crippen LogP contribution in [-0.4, -0.2) is 36.5 Å². The van der Waals surface area contributed by atoms with E-state index < -0.39 is 0 Å². The highest BCUT2D eigenvalue weighted by molar-refractivity contribution is 5.90. The van der Waals surface area contributed by atoms with Gasteiger partial charge < -0.3 is 10.2 Å². The number of benzene rings is 2. The van der Waals surface area contributed by atoms with Crippen LogP contribution in [0.3, 0.4) is 0 Å². The van der Waals surface area contributed by atoms with Gasteiger partial charge in [0.25, 0.3) is 0 Å². The van der Waals surface area contributed by atoms with E-state index in [9.17, 15) is 4.79 Å². The molecule has 3 nitrogen and oxygen atoms in total. The molecular formula is C20H27ClN2O. The Morgan fingerprint density at radius 3 is 2.58 bits per heavy atom. The van der Waals surface area contributed by atoms with Gasteiger partial charge in [-0.05, 0) is 48.7 Å². The lowest BCUT2D eigenvalue weighted by atomic mass is 9.99. The first kappa shape index (κ1) is 18.8. The normalized spacial score (nSPS) is 15.0. The van der Waals surface area contributed by atoms with Crippen molar-refractivity contribution in [1.29, 1.82) is 0 Å². The highest BCUT2D eigenvalue weighted by atomic mass is 35.5. The first-order valence-corrected chi connectivity index (χ1v) is 8.76. The molecule has 0 saturated carbocycles. The van der Waals surface area contributed by atoms with Crippen molar-refractivity contribution in [1.82, 2.24) is 10.2 Å². The molecule has 24 heavy (non-hydrogen) atoms. The Balaban J connectivity index is 0.00000208. The second-order valence-corrected chi connectivity index (χ2v) is 6.38. The van der Waals surface area contributed by atoms with Gasteiger partial charge in [-0.1, -0.05) is 49.4 Å². The molecule has 0 unspecified atom stereocenters. The molecule has 1 heterocycles. The quantitative estimate of drug-likeness (QED) is 0.893. The van der Waals surface area contributed by atoms with Gasteiger partial charge in [0.1, 0.15) is 0 Å². The van der Waals surface area contributed by atoms with Gasteiger partial charge in [-0.15, -0.1) is 12.4 Å². The fourth-order valence-corrected chi connectivity index (χ4v) is 3.58. The number of hydrogen-bond donors (Lipinski definition) is 1. The molecule has 0 radical (unpaired) electrons. The third-order valence-electron chi connectivity index (χ3n) is 4.76. The zero-order valence-electron chi connectivity index (χ0n) is 14.3. The Morgan fingerprint density at radius 1 is 1.12 bits per heavy atom. The maximum Gasteiger partial charge on any atom is 0.227 e. The number of nitrogens with zero attached hydrogens (tertiary/aromatic N) is 1. The van der Waals surface area contributed by atoms with Crippen molar-refractivity contribution in [2.45, 2.75) is 38.6 Å². The van der Waals surface area contributed by atoms with Crippen molar-refractivity contribution in [2.75, 3.05) is 19.6 Å². The molecule has 0 atom stereocenters. The third kappa shape index (κ3) is 4.28. The molecule has 1 aliphatic rings. The minimum atomic E-state index is 0. The van der Waals surface area contributed by atoms with Gasteiger partial charge in [0, 0.05) is 12.6 Å². The molecule has 1 amide bonds. The van der Waals surface area contributed by atoms with Crippen LogP contribution in [0.15, 0.2) is 42.5 Å². The lowest BCUT2D eigenvalue weighted by Gasteiger charge is -2.34. The molecule has 130 valence electrons. The number of piperidine rings is 1. The molecule has 0 bridgehead atoms. The van der Waals surface area contributed by atoms with Gasteiger partial charge in [0.05, 0.1) is 6.42 Å². The summed E-state index contributed by atoms with van der Waals surface area (Å²) in [4.78, 5) is 15.1. The van der Waals surface area contributed by atoms with Gasteiger partial charge in [0.15, 0.2) is 0 Å². The Morgan fingerprint density at radius 2 is 1.83 bits per heavy atom. The van der Waals surface area contributed by atoms with Crippen molar-refractivity contribution in [3.05, 3.63) is 48.0 Å². The van der Waals surface area contributed by atoms with E-state index in [1.165, 1.54) is 10.8 Å². The monoisotopic (exact) mass is 346 g/mol. The van der Waals surface area contributed by atoms with Crippen molar-refractivity contribution in [2.24, 2.45) is 0 Å².